The number of allylic oxidation sites excluding steroid dienone is 4. The van der Waals surface area contributed by atoms with E-state index in [-0.39, 0.29) is 24.5 Å². The van der Waals surface area contributed by atoms with Crippen LogP contribution < -0.4 is 0 Å². The predicted molar refractivity (Wildman–Crippen MR) is 127 cm³/mol. The lowest BCUT2D eigenvalue weighted by molar-refractivity contribution is -0.169. The van der Waals surface area contributed by atoms with E-state index < -0.39 is 28.2 Å². The van der Waals surface area contributed by atoms with Crippen molar-refractivity contribution < 1.29 is 23.9 Å². The average Bonchev–Trinajstić information content (AvgIpc) is 3.10. The summed E-state index contributed by atoms with van der Waals surface area (Å²) >= 11 is 0. The molecule has 0 radical (unpaired) electrons. The Labute approximate surface area is 197 Å². The number of esters is 2. The number of hydrogen-bond donors (Lipinski definition) is 0. The first-order chi connectivity index (χ1) is 15.4. The van der Waals surface area contributed by atoms with E-state index in [1.165, 1.54) is 14.2 Å². The molecule has 0 amide bonds. The molecule has 2 aliphatic carbocycles. The van der Waals surface area contributed by atoms with Crippen molar-refractivity contribution in [3.05, 3.63) is 58.2 Å². The fourth-order valence-corrected chi connectivity index (χ4v) is 5.78. The summed E-state index contributed by atoms with van der Waals surface area (Å²) in [5.41, 5.74) is 2.17. The second kappa shape index (κ2) is 8.58. The van der Waals surface area contributed by atoms with Crippen molar-refractivity contribution in [2.75, 3.05) is 14.2 Å². The maximum Gasteiger partial charge on any atom is 0.323 e. The van der Waals surface area contributed by atoms with Gasteiger partial charge in [0.05, 0.1) is 20.1 Å². The number of Topliss-reactive ketones (excluding diaryl/α,β-unsaturated/α-hetero) is 1. The molecule has 0 N–H and O–H groups in total. The average molecular weight is 453 g/mol. The first kappa shape index (κ1) is 24.9. The quantitative estimate of drug-likeness (QED) is 0.446. The second-order valence-corrected chi connectivity index (χ2v) is 10.8. The van der Waals surface area contributed by atoms with E-state index in [1.54, 1.807) is 0 Å². The van der Waals surface area contributed by atoms with Gasteiger partial charge in [0.15, 0.2) is 11.2 Å². The van der Waals surface area contributed by atoms with Gasteiger partial charge in [-0.15, -0.1) is 0 Å². The molecule has 0 saturated heterocycles. The third-order valence-electron chi connectivity index (χ3n) is 7.37. The lowest BCUT2D eigenvalue weighted by Crippen LogP contribution is -2.45. The highest BCUT2D eigenvalue weighted by atomic mass is 16.5. The van der Waals surface area contributed by atoms with Crippen molar-refractivity contribution in [3.8, 4) is 0 Å². The predicted octanol–water partition coefficient (Wildman–Crippen LogP) is 5.34. The maximum atomic E-state index is 14.2. The molecular formula is C28H36O5. The fraction of sp³-hybridized carbons (Fsp3) is 0.536. The molecule has 1 aromatic rings. The van der Waals surface area contributed by atoms with Gasteiger partial charge in [0.25, 0.3) is 0 Å². The molecule has 1 unspecified atom stereocenters. The van der Waals surface area contributed by atoms with Gasteiger partial charge >= 0.3 is 11.9 Å². The Balaban J connectivity index is 2.34. The summed E-state index contributed by atoms with van der Waals surface area (Å²) in [5, 5.41) is 0. The van der Waals surface area contributed by atoms with E-state index in [9.17, 15) is 14.4 Å². The standard InChI is InChI=1S/C28H36O5/c1-9-17-15-28(24(30)32-7,25(31)33-8)16-19-20(17)22(23(29)21(19)26(2,3)4)27(5,6)18-13-11-10-12-14-18/h10-14,22H,9,15-16H2,1-8H3. The van der Waals surface area contributed by atoms with Gasteiger partial charge in [0, 0.05) is 17.4 Å². The van der Waals surface area contributed by atoms with Crippen molar-refractivity contribution in [1.82, 2.24) is 0 Å². The zero-order valence-corrected chi connectivity index (χ0v) is 21.1. The lowest BCUT2D eigenvalue weighted by Gasteiger charge is -2.39. The van der Waals surface area contributed by atoms with Crippen LogP contribution in [0.4, 0.5) is 0 Å². The Morgan fingerprint density at radius 2 is 1.52 bits per heavy atom. The summed E-state index contributed by atoms with van der Waals surface area (Å²) in [5.74, 6) is -1.53. The van der Waals surface area contributed by atoms with Crippen molar-refractivity contribution in [2.45, 2.75) is 66.2 Å². The summed E-state index contributed by atoms with van der Waals surface area (Å²) in [7, 11) is 2.58. The molecule has 178 valence electrons. The van der Waals surface area contributed by atoms with E-state index in [0.29, 0.717) is 12.0 Å². The van der Waals surface area contributed by atoms with Crippen LogP contribution in [0, 0.1) is 16.7 Å². The largest absolute Gasteiger partial charge is 0.468 e. The van der Waals surface area contributed by atoms with Crippen LogP contribution in [0.1, 0.15) is 66.4 Å². The van der Waals surface area contributed by atoms with Crippen LogP contribution in [0.3, 0.4) is 0 Å². The molecule has 0 aromatic heterocycles. The third kappa shape index (κ3) is 3.85. The summed E-state index contributed by atoms with van der Waals surface area (Å²) in [6.45, 7) is 12.3. The molecule has 33 heavy (non-hydrogen) atoms. The zero-order chi connectivity index (χ0) is 24.8. The summed E-state index contributed by atoms with van der Waals surface area (Å²) in [6.07, 6.45) is 0.944. The van der Waals surface area contributed by atoms with E-state index in [1.807, 2.05) is 45.9 Å². The minimum absolute atomic E-state index is 0.0813. The minimum Gasteiger partial charge on any atom is -0.468 e. The van der Waals surface area contributed by atoms with Gasteiger partial charge in [-0.05, 0) is 35.0 Å². The number of carbonyl (C=O) groups excluding carboxylic acids is 3. The Bertz CT molecular complexity index is 1020. The van der Waals surface area contributed by atoms with E-state index in [0.717, 1.165) is 22.3 Å². The number of fused-ring (bicyclic) bond motifs is 1. The van der Waals surface area contributed by atoms with Gasteiger partial charge in [-0.1, -0.05) is 77.4 Å². The summed E-state index contributed by atoms with van der Waals surface area (Å²) in [4.78, 5) is 40.2. The number of methoxy groups -OCH3 is 2. The van der Waals surface area contributed by atoms with E-state index in [4.69, 9.17) is 9.47 Å². The SMILES string of the molecule is CCC1=C2C(=C(C(C)(C)C)C(=O)C2C(C)(C)c2ccccc2)CC(C(=O)OC)(C(=O)OC)C1. The molecular weight excluding hydrogens is 416 g/mol. The highest BCUT2D eigenvalue weighted by Gasteiger charge is 2.58. The Hall–Kier alpha value is -2.69. The third-order valence-corrected chi connectivity index (χ3v) is 7.37. The number of ether oxygens (including phenoxy) is 2. The Kier molecular flexibility index (Phi) is 6.49. The van der Waals surface area contributed by atoms with Crippen molar-refractivity contribution in [3.63, 3.8) is 0 Å². The number of rotatable bonds is 5. The van der Waals surface area contributed by atoms with Gasteiger partial charge in [-0.25, -0.2) is 0 Å². The van der Waals surface area contributed by atoms with Crippen LogP contribution >= 0.6 is 0 Å². The van der Waals surface area contributed by atoms with Crippen LogP contribution in [0.15, 0.2) is 52.6 Å². The molecule has 0 bridgehead atoms. The van der Waals surface area contributed by atoms with Crippen LogP contribution in [-0.2, 0) is 29.3 Å². The highest BCUT2D eigenvalue weighted by Crippen LogP contribution is 2.58. The second-order valence-electron chi connectivity index (χ2n) is 10.8. The van der Waals surface area contributed by atoms with E-state index >= 15 is 0 Å². The zero-order valence-electron chi connectivity index (χ0n) is 21.1. The molecule has 1 aromatic carbocycles. The molecule has 0 aliphatic heterocycles. The van der Waals surface area contributed by atoms with E-state index in [2.05, 4.69) is 26.0 Å². The number of ketones is 1. The van der Waals surface area contributed by atoms with Gasteiger partial charge in [-0.2, -0.15) is 0 Å². The Morgan fingerprint density at radius 1 is 0.970 bits per heavy atom. The molecule has 0 saturated carbocycles. The highest BCUT2D eigenvalue weighted by molar-refractivity contribution is 6.09. The number of benzene rings is 1. The van der Waals surface area contributed by atoms with Crippen molar-refractivity contribution in [1.29, 1.82) is 0 Å². The number of hydrogen-bond acceptors (Lipinski definition) is 5. The molecule has 5 heteroatoms. The van der Waals surface area contributed by atoms with Crippen LogP contribution in [0.25, 0.3) is 0 Å². The smallest absolute Gasteiger partial charge is 0.323 e. The molecule has 0 spiro atoms. The number of carbonyl (C=O) groups is 3. The summed E-state index contributed by atoms with van der Waals surface area (Å²) in [6, 6.07) is 10.1. The van der Waals surface area contributed by atoms with Crippen LogP contribution in [0.2, 0.25) is 0 Å². The summed E-state index contributed by atoms with van der Waals surface area (Å²) < 4.78 is 10.2. The fourth-order valence-electron chi connectivity index (χ4n) is 5.78. The van der Waals surface area contributed by atoms with Crippen molar-refractivity contribution >= 4 is 17.7 Å². The molecule has 0 heterocycles. The molecule has 0 fully saturated rings. The molecule has 1 atom stereocenters. The van der Waals surface area contributed by atoms with Crippen LogP contribution in [0.5, 0.6) is 0 Å². The first-order valence-electron chi connectivity index (χ1n) is 11.6. The Morgan fingerprint density at radius 3 is 1.97 bits per heavy atom. The van der Waals surface area contributed by atoms with Gasteiger partial charge < -0.3 is 9.47 Å². The molecule has 5 nitrogen and oxygen atoms in total. The van der Waals surface area contributed by atoms with Crippen LogP contribution in [-0.4, -0.2) is 31.9 Å². The van der Waals surface area contributed by atoms with Gasteiger partial charge in [0.2, 0.25) is 0 Å². The monoisotopic (exact) mass is 452 g/mol. The molecule has 3 rings (SSSR count). The van der Waals surface area contributed by atoms with Gasteiger partial charge in [-0.3, -0.25) is 14.4 Å². The lowest BCUT2D eigenvalue weighted by atomic mass is 9.63. The first-order valence-corrected chi connectivity index (χ1v) is 11.6. The minimum atomic E-state index is -1.48. The normalized spacial score (nSPS) is 20.6. The van der Waals surface area contributed by atoms with Crippen molar-refractivity contribution in [2.24, 2.45) is 16.7 Å². The topological polar surface area (TPSA) is 69.7 Å². The maximum absolute atomic E-state index is 14.2. The van der Waals surface area contributed by atoms with Gasteiger partial charge in [0.1, 0.15) is 0 Å². The molecule has 2 aliphatic rings.